The highest BCUT2D eigenvalue weighted by Gasteiger charge is 2.31. The Hall–Kier alpha value is -0.380. The molecular formula is C11H22O3. The molecule has 0 aromatic rings. The molecule has 2 N–H and O–H groups in total. The number of rotatable bonds is 6. The van der Waals surface area contributed by atoms with Crippen molar-refractivity contribution in [2.45, 2.75) is 46.1 Å². The lowest BCUT2D eigenvalue weighted by atomic mass is 9.87. The molecule has 0 aromatic heterocycles. The van der Waals surface area contributed by atoms with Crippen molar-refractivity contribution in [3.63, 3.8) is 0 Å². The monoisotopic (exact) mass is 202 g/mol. The van der Waals surface area contributed by atoms with Crippen LogP contribution in [0.2, 0.25) is 0 Å². The summed E-state index contributed by atoms with van der Waals surface area (Å²) in [6.07, 6.45) is 3.65. The van der Waals surface area contributed by atoms with E-state index >= 15 is 0 Å². The summed E-state index contributed by atoms with van der Waals surface area (Å²) >= 11 is 0. The molecule has 0 heterocycles. The lowest BCUT2D eigenvalue weighted by Gasteiger charge is -2.30. The zero-order chi connectivity index (χ0) is 11.2. The van der Waals surface area contributed by atoms with Crippen LogP contribution >= 0.6 is 0 Å². The Bertz CT molecular complexity index is 185. The Morgan fingerprint density at radius 3 is 2.43 bits per heavy atom. The highest BCUT2D eigenvalue weighted by Crippen LogP contribution is 2.26. The first-order chi connectivity index (χ1) is 6.46. The predicted octanol–water partition coefficient (Wildman–Crippen LogP) is 2.61. The topological polar surface area (TPSA) is 49.7 Å². The normalized spacial score (nSPS) is 17.3. The van der Waals surface area contributed by atoms with E-state index in [1.165, 1.54) is 5.57 Å². The van der Waals surface area contributed by atoms with Gasteiger partial charge in [0.1, 0.15) is 5.60 Å². The molecule has 0 aliphatic carbocycles. The van der Waals surface area contributed by atoms with E-state index in [0.29, 0.717) is 6.42 Å². The van der Waals surface area contributed by atoms with Crippen LogP contribution in [0.5, 0.6) is 0 Å². The van der Waals surface area contributed by atoms with Crippen LogP contribution in [0.25, 0.3) is 0 Å². The van der Waals surface area contributed by atoms with Crippen molar-refractivity contribution in [1.82, 2.24) is 0 Å². The van der Waals surface area contributed by atoms with Crippen LogP contribution in [-0.2, 0) is 4.89 Å². The third kappa shape index (κ3) is 4.22. The molecule has 0 radical (unpaired) electrons. The van der Waals surface area contributed by atoms with Crippen molar-refractivity contribution >= 4 is 0 Å². The highest BCUT2D eigenvalue weighted by atomic mass is 17.1. The van der Waals surface area contributed by atoms with Crippen LogP contribution in [0, 0.1) is 5.92 Å². The maximum Gasteiger partial charge on any atom is 0.105 e. The third-order valence-corrected chi connectivity index (χ3v) is 2.72. The molecule has 0 aromatic carbocycles. The van der Waals surface area contributed by atoms with Gasteiger partial charge < -0.3 is 5.11 Å². The molecule has 0 unspecified atom stereocenters. The van der Waals surface area contributed by atoms with E-state index in [4.69, 9.17) is 10.4 Å². The second-order valence-electron chi connectivity index (χ2n) is 4.31. The average Bonchev–Trinajstić information content (AvgIpc) is 2.15. The minimum absolute atomic E-state index is 0.0197. The molecule has 0 amide bonds. The van der Waals surface area contributed by atoms with Gasteiger partial charge in [-0.15, -0.1) is 0 Å². The Morgan fingerprint density at radius 1 is 1.50 bits per heavy atom. The molecule has 0 rings (SSSR count). The van der Waals surface area contributed by atoms with Gasteiger partial charge in [0.15, 0.2) is 0 Å². The lowest BCUT2D eigenvalue weighted by Crippen LogP contribution is -2.37. The van der Waals surface area contributed by atoms with Gasteiger partial charge in [-0.3, -0.25) is 5.26 Å². The van der Waals surface area contributed by atoms with E-state index in [1.54, 1.807) is 0 Å². The van der Waals surface area contributed by atoms with Crippen molar-refractivity contribution in [3.8, 4) is 0 Å². The van der Waals surface area contributed by atoms with E-state index in [2.05, 4.69) is 11.0 Å². The van der Waals surface area contributed by atoms with Crippen LogP contribution in [0.4, 0.5) is 0 Å². The molecular weight excluding hydrogens is 180 g/mol. The van der Waals surface area contributed by atoms with Crippen molar-refractivity contribution in [3.05, 3.63) is 11.6 Å². The quantitative estimate of drug-likeness (QED) is 0.395. The highest BCUT2D eigenvalue weighted by molar-refractivity contribution is 4.94. The standard InChI is InChI=1S/C11H22O3/c1-9(2)6-5-7-11(4,14-13)10(3)8-12/h6,10,12-13H,5,7-8H2,1-4H3/t10-,11-/m1/s1. The summed E-state index contributed by atoms with van der Waals surface area (Å²) in [6.45, 7) is 7.76. The van der Waals surface area contributed by atoms with E-state index in [-0.39, 0.29) is 12.5 Å². The summed E-state index contributed by atoms with van der Waals surface area (Å²) in [7, 11) is 0. The minimum atomic E-state index is -0.652. The molecule has 2 atom stereocenters. The van der Waals surface area contributed by atoms with Gasteiger partial charge in [-0.1, -0.05) is 18.6 Å². The summed E-state index contributed by atoms with van der Waals surface area (Å²) in [4.78, 5) is 4.48. The van der Waals surface area contributed by atoms with Gasteiger partial charge in [0.05, 0.1) is 0 Å². The van der Waals surface area contributed by atoms with Gasteiger partial charge in [0, 0.05) is 12.5 Å². The number of hydrogen-bond donors (Lipinski definition) is 2. The number of allylic oxidation sites excluding steroid dienone is 2. The fraction of sp³-hybridized carbons (Fsp3) is 0.818. The SMILES string of the molecule is CC(C)=CCC[C@@](C)(OO)[C@H](C)CO. The van der Waals surface area contributed by atoms with Crippen molar-refractivity contribution < 1.29 is 15.3 Å². The van der Waals surface area contributed by atoms with E-state index in [9.17, 15) is 0 Å². The van der Waals surface area contributed by atoms with E-state index in [0.717, 1.165) is 6.42 Å². The fourth-order valence-electron chi connectivity index (χ4n) is 1.22. The number of aliphatic hydroxyl groups excluding tert-OH is 1. The summed E-state index contributed by atoms with van der Waals surface area (Å²) in [5.41, 5.74) is 0.600. The molecule has 0 saturated heterocycles. The van der Waals surface area contributed by atoms with Crippen LogP contribution in [0.3, 0.4) is 0 Å². The van der Waals surface area contributed by atoms with Crippen molar-refractivity contribution in [2.24, 2.45) is 5.92 Å². The number of aliphatic hydroxyl groups is 1. The molecule has 3 heteroatoms. The van der Waals surface area contributed by atoms with Gasteiger partial charge in [-0.05, 0) is 33.6 Å². The lowest BCUT2D eigenvalue weighted by molar-refractivity contribution is -0.334. The molecule has 0 fully saturated rings. The molecule has 0 aliphatic rings. The van der Waals surface area contributed by atoms with E-state index < -0.39 is 5.60 Å². The fourth-order valence-corrected chi connectivity index (χ4v) is 1.22. The maximum absolute atomic E-state index is 9.00. The second kappa shape index (κ2) is 6.17. The van der Waals surface area contributed by atoms with E-state index in [1.807, 2.05) is 27.7 Å². The minimum Gasteiger partial charge on any atom is -0.396 e. The zero-order valence-corrected chi connectivity index (χ0v) is 9.58. The maximum atomic E-state index is 9.00. The first kappa shape index (κ1) is 13.6. The summed E-state index contributed by atoms with van der Waals surface area (Å²) in [5.74, 6) is -0.0712. The van der Waals surface area contributed by atoms with Crippen LogP contribution in [0.15, 0.2) is 11.6 Å². The smallest absolute Gasteiger partial charge is 0.105 e. The number of hydrogen-bond acceptors (Lipinski definition) is 3. The predicted molar refractivity (Wildman–Crippen MR) is 57.0 cm³/mol. The van der Waals surface area contributed by atoms with Crippen LogP contribution in [-0.4, -0.2) is 22.6 Å². The molecule has 84 valence electrons. The average molecular weight is 202 g/mol. The van der Waals surface area contributed by atoms with Crippen LogP contribution in [0.1, 0.15) is 40.5 Å². The molecule has 0 spiro atoms. The Kier molecular flexibility index (Phi) is 6.00. The Morgan fingerprint density at radius 2 is 2.07 bits per heavy atom. The first-order valence-electron chi connectivity index (χ1n) is 5.03. The molecule has 14 heavy (non-hydrogen) atoms. The van der Waals surface area contributed by atoms with Gasteiger partial charge in [0.2, 0.25) is 0 Å². The largest absolute Gasteiger partial charge is 0.396 e. The summed E-state index contributed by atoms with van der Waals surface area (Å²) < 4.78 is 0. The van der Waals surface area contributed by atoms with Gasteiger partial charge in [-0.2, -0.15) is 0 Å². The molecule has 0 saturated carbocycles. The third-order valence-electron chi connectivity index (χ3n) is 2.72. The van der Waals surface area contributed by atoms with Crippen molar-refractivity contribution in [1.29, 1.82) is 0 Å². The molecule has 0 bridgehead atoms. The summed E-state index contributed by atoms with van der Waals surface area (Å²) in [5, 5.41) is 17.8. The van der Waals surface area contributed by atoms with Gasteiger partial charge in [-0.25, -0.2) is 4.89 Å². The van der Waals surface area contributed by atoms with Gasteiger partial charge in [0.25, 0.3) is 0 Å². The summed E-state index contributed by atoms with van der Waals surface area (Å²) in [6, 6.07) is 0. The first-order valence-corrected chi connectivity index (χ1v) is 5.03. The Balaban J connectivity index is 4.19. The second-order valence-corrected chi connectivity index (χ2v) is 4.31. The zero-order valence-electron chi connectivity index (χ0n) is 9.58. The van der Waals surface area contributed by atoms with Crippen LogP contribution < -0.4 is 0 Å². The van der Waals surface area contributed by atoms with Crippen molar-refractivity contribution in [2.75, 3.05) is 6.61 Å². The molecule has 0 aliphatic heterocycles. The van der Waals surface area contributed by atoms with Gasteiger partial charge >= 0.3 is 0 Å². The molecule has 3 nitrogen and oxygen atoms in total. The Labute approximate surface area is 86.3 Å².